The highest BCUT2D eigenvalue weighted by Gasteiger charge is 2.31. The zero-order chi connectivity index (χ0) is 14.5. The number of thiophene rings is 1. The molecular formula is C14H18O5S. The predicted octanol–water partition coefficient (Wildman–Crippen LogP) is 2.47. The lowest BCUT2D eigenvalue weighted by Crippen LogP contribution is -2.14. The average Bonchev–Trinajstić information content (AvgIpc) is 2.80. The van der Waals surface area contributed by atoms with Crippen LogP contribution in [0.5, 0.6) is 5.06 Å². The van der Waals surface area contributed by atoms with Crippen LogP contribution in [0.2, 0.25) is 0 Å². The molecule has 0 fully saturated rings. The molecule has 0 amide bonds. The summed E-state index contributed by atoms with van der Waals surface area (Å²) in [6, 6.07) is 0. The fraction of sp³-hybridized carbons (Fsp3) is 0.571. The van der Waals surface area contributed by atoms with Gasteiger partial charge in [-0.1, -0.05) is 11.3 Å². The third-order valence-electron chi connectivity index (χ3n) is 3.07. The first-order chi connectivity index (χ1) is 9.69. The van der Waals surface area contributed by atoms with Crippen LogP contribution in [0.3, 0.4) is 0 Å². The third kappa shape index (κ3) is 3.02. The predicted molar refractivity (Wildman–Crippen MR) is 74.9 cm³/mol. The van der Waals surface area contributed by atoms with Gasteiger partial charge in [-0.25, -0.2) is 4.79 Å². The summed E-state index contributed by atoms with van der Waals surface area (Å²) in [6.45, 7) is 2.88. The van der Waals surface area contributed by atoms with Crippen LogP contribution in [0.1, 0.15) is 45.4 Å². The molecule has 0 bridgehead atoms. The molecule has 5 nitrogen and oxygen atoms in total. The number of fused-ring (bicyclic) bond motifs is 1. The summed E-state index contributed by atoms with van der Waals surface area (Å²) in [6.07, 6.45) is 2.00. The third-order valence-corrected chi connectivity index (χ3v) is 4.19. The van der Waals surface area contributed by atoms with Crippen molar-refractivity contribution in [2.75, 3.05) is 26.9 Å². The van der Waals surface area contributed by atoms with E-state index in [2.05, 4.69) is 0 Å². The fourth-order valence-corrected chi connectivity index (χ4v) is 3.33. The Labute approximate surface area is 121 Å². The van der Waals surface area contributed by atoms with Crippen LogP contribution >= 0.6 is 11.3 Å². The Hall–Kier alpha value is -1.40. The van der Waals surface area contributed by atoms with Crippen molar-refractivity contribution in [2.24, 2.45) is 0 Å². The number of Topliss-reactive ketones (excluding diaryl/α,β-unsaturated/α-hetero) is 1. The first-order valence-corrected chi connectivity index (χ1v) is 7.48. The number of hydrogen-bond donors (Lipinski definition) is 0. The minimum atomic E-state index is -0.370. The summed E-state index contributed by atoms with van der Waals surface area (Å²) in [5, 5.41) is 0.518. The summed E-state index contributed by atoms with van der Waals surface area (Å²) in [5.41, 5.74) is 1.36. The molecule has 1 aliphatic carbocycles. The van der Waals surface area contributed by atoms with Crippen LogP contribution in [-0.4, -0.2) is 38.7 Å². The van der Waals surface area contributed by atoms with Crippen molar-refractivity contribution >= 4 is 23.1 Å². The van der Waals surface area contributed by atoms with E-state index < -0.39 is 0 Å². The number of carbonyl (C=O) groups excluding carboxylic acids is 2. The van der Waals surface area contributed by atoms with E-state index in [9.17, 15) is 9.59 Å². The second-order valence-electron chi connectivity index (χ2n) is 4.41. The first kappa shape index (κ1) is 15.0. The van der Waals surface area contributed by atoms with Gasteiger partial charge in [-0.2, -0.15) is 0 Å². The lowest BCUT2D eigenvalue weighted by atomic mass is 9.92. The molecule has 0 saturated carbocycles. The van der Waals surface area contributed by atoms with E-state index in [0.29, 0.717) is 41.7 Å². The summed E-state index contributed by atoms with van der Waals surface area (Å²) in [7, 11) is 1.59. The van der Waals surface area contributed by atoms with Crippen LogP contribution in [0.25, 0.3) is 0 Å². The number of ketones is 1. The average molecular weight is 298 g/mol. The largest absolute Gasteiger partial charge is 0.481 e. The van der Waals surface area contributed by atoms with Crippen molar-refractivity contribution in [1.82, 2.24) is 0 Å². The minimum Gasteiger partial charge on any atom is -0.481 e. The molecule has 0 atom stereocenters. The van der Waals surface area contributed by atoms with Crippen LogP contribution in [-0.2, 0) is 15.9 Å². The van der Waals surface area contributed by atoms with Gasteiger partial charge >= 0.3 is 5.97 Å². The van der Waals surface area contributed by atoms with Crippen molar-refractivity contribution in [3.63, 3.8) is 0 Å². The van der Waals surface area contributed by atoms with Crippen molar-refractivity contribution in [3.8, 4) is 5.06 Å². The first-order valence-electron chi connectivity index (χ1n) is 6.66. The molecule has 1 heterocycles. The summed E-state index contributed by atoms with van der Waals surface area (Å²) in [4.78, 5) is 24.5. The lowest BCUT2D eigenvalue weighted by molar-refractivity contribution is 0.0531. The quantitative estimate of drug-likeness (QED) is 0.596. The van der Waals surface area contributed by atoms with Gasteiger partial charge in [-0.3, -0.25) is 4.79 Å². The van der Waals surface area contributed by atoms with E-state index in [-0.39, 0.29) is 11.8 Å². The SMILES string of the molecule is CCOC(=O)c1sc(OCCOC)c2c1CCCC2=O. The van der Waals surface area contributed by atoms with Gasteiger partial charge in [0.15, 0.2) is 10.8 Å². The molecule has 1 aromatic rings. The molecule has 0 aromatic carbocycles. The molecule has 0 saturated heterocycles. The van der Waals surface area contributed by atoms with Crippen LogP contribution in [0, 0.1) is 0 Å². The summed E-state index contributed by atoms with van der Waals surface area (Å²) >= 11 is 1.20. The lowest BCUT2D eigenvalue weighted by Gasteiger charge is -2.13. The number of carbonyl (C=O) groups is 2. The monoisotopic (exact) mass is 298 g/mol. The Balaban J connectivity index is 2.31. The van der Waals surface area contributed by atoms with Crippen molar-refractivity contribution in [1.29, 1.82) is 0 Å². The summed E-state index contributed by atoms with van der Waals surface area (Å²) < 4.78 is 15.6. The Bertz CT molecular complexity index is 506. The second-order valence-corrected chi connectivity index (χ2v) is 5.39. The van der Waals surface area contributed by atoms with E-state index in [1.807, 2.05) is 0 Å². The Kier molecular flexibility index (Phi) is 5.14. The zero-order valence-electron chi connectivity index (χ0n) is 11.7. The molecule has 1 aromatic heterocycles. The maximum absolute atomic E-state index is 12.1. The fourth-order valence-electron chi connectivity index (χ4n) is 2.19. The highest BCUT2D eigenvalue weighted by Crippen LogP contribution is 2.40. The Morgan fingerprint density at radius 2 is 2.10 bits per heavy atom. The highest BCUT2D eigenvalue weighted by atomic mass is 32.1. The van der Waals surface area contributed by atoms with E-state index in [1.54, 1.807) is 14.0 Å². The van der Waals surface area contributed by atoms with E-state index in [0.717, 1.165) is 18.4 Å². The van der Waals surface area contributed by atoms with Crippen molar-refractivity contribution in [3.05, 3.63) is 16.0 Å². The standard InChI is InChI=1S/C14H18O5S/c1-3-18-13(16)12-9-5-4-6-10(15)11(9)14(20-12)19-8-7-17-2/h3-8H2,1-2H3. The molecule has 0 N–H and O–H groups in total. The van der Waals surface area contributed by atoms with Crippen LogP contribution in [0.15, 0.2) is 0 Å². The topological polar surface area (TPSA) is 61.8 Å². The van der Waals surface area contributed by atoms with Crippen LogP contribution < -0.4 is 4.74 Å². The Morgan fingerprint density at radius 3 is 2.80 bits per heavy atom. The summed E-state index contributed by atoms with van der Waals surface area (Å²) in [5.74, 6) is -0.324. The maximum atomic E-state index is 12.1. The van der Waals surface area contributed by atoms with Gasteiger partial charge in [0.25, 0.3) is 0 Å². The number of esters is 1. The van der Waals surface area contributed by atoms with E-state index >= 15 is 0 Å². The number of rotatable bonds is 6. The molecule has 110 valence electrons. The molecule has 1 aliphatic rings. The van der Waals surface area contributed by atoms with Gasteiger partial charge in [-0.15, -0.1) is 0 Å². The molecular weight excluding hydrogens is 280 g/mol. The molecule has 6 heteroatoms. The van der Waals surface area contributed by atoms with Crippen molar-refractivity contribution < 1.29 is 23.8 Å². The van der Waals surface area contributed by atoms with Crippen molar-refractivity contribution in [2.45, 2.75) is 26.2 Å². The molecule has 20 heavy (non-hydrogen) atoms. The smallest absolute Gasteiger partial charge is 0.348 e. The molecule has 0 radical (unpaired) electrons. The molecule has 0 spiro atoms. The normalized spacial score (nSPS) is 14.0. The van der Waals surface area contributed by atoms with Gasteiger partial charge in [0, 0.05) is 13.5 Å². The molecule has 2 rings (SSSR count). The van der Waals surface area contributed by atoms with E-state index in [4.69, 9.17) is 14.2 Å². The van der Waals surface area contributed by atoms with Gasteiger partial charge in [0.2, 0.25) is 0 Å². The molecule has 0 aliphatic heterocycles. The molecule has 0 unspecified atom stereocenters. The number of hydrogen-bond acceptors (Lipinski definition) is 6. The number of ether oxygens (including phenoxy) is 3. The van der Waals surface area contributed by atoms with Gasteiger partial charge in [0.05, 0.1) is 18.8 Å². The van der Waals surface area contributed by atoms with Gasteiger partial charge in [0.1, 0.15) is 11.5 Å². The second kappa shape index (κ2) is 6.85. The van der Waals surface area contributed by atoms with Crippen LogP contribution in [0.4, 0.5) is 0 Å². The van der Waals surface area contributed by atoms with Gasteiger partial charge in [-0.05, 0) is 25.3 Å². The zero-order valence-corrected chi connectivity index (χ0v) is 12.5. The maximum Gasteiger partial charge on any atom is 0.348 e. The highest BCUT2D eigenvalue weighted by molar-refractivity contribution is 7.16. The van der Waals surface area contributed by atoms with E-state index in [1.165, 1.54) is 11.3 Å². The minimum absolute atomic E-state index is 0.0467. The number of methoxy groups -OCH3 is 1. The van der Waals surface area contributed by atoms with Gasteiger partial charge < -0.3 is 14.2 Å². The Morgan fingerprint density at radius 1 is 1.30 bits per heavy atom.